The lowest BCUT2D eigenvalue weighted by Crippen LogP contribution is -2.23. The zero-order valence-electron chi connectivity index (χ0n) is 22.5. The Balaban J connectivity index is 1.57. The lowest BCUT2D eigenvalue weighted by Gasteiger charge is -2.21. The number of methoxy groups -OCH3 is 2. The summed E-state index contributed by atoms with van der Waals surface area (Å²) in [5.41, 5.74) is 13.5. The van der Waals surface area contributed by atoms with E-state index >= 15 is 0 Å². The smallest absolute Gasteiger partial charge is 0.147 e. The fourth-order valence-electron chi connectivity index (χ4n) is 5.30. The molecule has 3 heterocycles. The minimum atomic E-state index is 0.196. The van der Waals surface area contributed by atoms with Crippen LogP contribution in [0.4, 0.5) is 11.5 Å². The number of pyridine rings is 1. The monoisotopic (exact) mass is 511 g/mol. The van der Waals surface area contributed by atoms with Crippen LogP contribution in [0.2, 0.25) is 0 Å². The Kier molecular flexibility index (Phi) is 6.87. The van der Waals surface area contributed by atoms with Crippen LogP contribution < -0.4 is 20.1 Å². The van der Waals surface area contributed by atoms with Crippen LogP contribution >= 0.6 is 0 Å². The average molecular weight is 512 g/mol. The van der Waals surface area contributed by atoms with Gasteiger partial charge in [0, 0.05) is 31.1 Å². The number of aromatic nitrogens is 2. The van der Waals surface area contributed by atoms with Crippen molar-refractivity contribution in [3.05, 3.63) is 70.4 Å². The van der Waals surface area contributed by atoms with E-state index in [1.54, 1.807) is 14.2 Å². The first kappa shape index (κ1) is 25.4. The number of fused-ring (bicyclic) bond motifs is 1. The van der Waals surface area contributed by atoms with Crippen molar-refractivity contribution < 1.29 is 14.2 Å². The third kappa shape index (κ3) is 4.39. The lowest BCUT2D eigenvalue weighted by molar-refractivity contribution is 0.121. The van der Waals surface area contributed by atoms with Crippen molar-refractivity contribution in [2.45, 2.75) is 39.9 Å². The largest absolute Gasteiger partial charge is 0.497 e. The Morgan fingerprint density at radius 1 is 1.11 bits per heavy atom. The highest BCUT2D eigenvalue weighted by atomic mass is 16.5. The molecule has 4 aromatic rings. The van der Waals surface area contributed by atoms with Gasteiger partial charge in [0.1, 0.15) is 41.2 Å². The molecule has 8 heteroatoms. The van der Waals surface area contributed by atoms with Crippen molar-refractivity contribution in [3.8, 4) is 23.3 Å². The number of aryl methyl sites for hydroxylation is 2. The molecular formula is C30H33N5O3. The van der Waals surface area contributed by atoms with E-state index in [4.69, 9.17) is 24.9 Å². The Morgan fingerprint density at radius 2 is 1.87 bits per heavy atom. The van der Waals surface area contributed by atoms with E-state index in [9.17, 15) is 5.26 Å². The number of nitrogens with two attached hydrogens (primary N) is 1. The summed E-state index contributed by atoms with van der Waals surface area (Å²) in [6, 6.07) is 16.2. The molecule has 2 N–H and O–H groups in total. The number of benzene rings is 2. The maximum absolute atomic E-state index is 10.1. The molecule has 1 saturated heterocycles. The topological polar surface area (TPSA) is 98.6 Å². The predicted molar refractivity (Wildman–Crippen MR) is 149 cm³/mol. The summed E-state index contributed by atoms with van der Waals surface area (Å²) < 4.78 is 18.9. The standard InChI is InChI=1S/C30H33N5O3/c1-18-6-11-27(38-17-21-7-9-22(36-4)10-8-21)19(2)28(18)35-29(32)25(15-31)24-14-26(20(3)33-30(24)35)34-13-12-23(16-34)37-5/h6-11,14,23H,12-13,16-17,32H2,1-5H3/t23-/m0/s1. The van der Waals surface area contributed by atoms with Gasteiger partial charge >= 0.3 is 0 Å². The molecule has 0 radical (unpaired) electrons. The highest BCUT2D eigenvalue weighted by Crippen LogP contribution is 2.38. The number of nitrogens with zero attached hydrogens (tertiary/aromatic N) is 4. The van der Waals surface area contributed by atoms with Crippen molar-refractivity contribution in [2.75, 3.05) is 37.9 Å². The van der Waals surface area contributed by atoms with E-state index < -0.39 is 0 Å². The molecule has 1 aliphatic rings. The first-order chi connectivity index (χ1) is 18.4. The summed E-state index contributed by atoms with van der Waals surface area (Å²) in [5, 5.41) is 10.8. The van der Waals surface area contributed by atoms with Gasteiger partial charge in [-0.25, -0.2) is 4.98 Å². The quantitative estimate of drug-likeness (QED) is 0.363. The first-order valence-corrected chi connectivity index (χ1v) is 12.7. The summed E-state index contributed by atoms with van der Waals surface area (Å²) >= 11 is 0. The predicted octanol–water partition coefficient (Wildman–Crippen LogP) is 5.22. The van der Waals surface area contributed by atoms with E-state index in [1.807, 2.05) is 61.7 Å². The van der Waals surface area contributed by atoms with Gasteiger partial charge in [-0.3, -0.25) is 4.57 Å². The molecule has 8 nitrogen and oxygen atoms in total. The fourth-order valence-corrected chi connectivity index (χ4v) is 5.30. The SMILES string of the molecule is COc1ccc(COc2ccc(C)c(-n3c(N)c(C#N)c4cc(N5CC[C@H](OC)C5)c(C)nc43)c2C)cc1. The third-order valence-electron chi connectivity index (χ3n) is 7.44. The summed E-state index contributed by atoms with van der Waals surface area (Å²) in [4.78, 5) is 7.27. The Bertz CT molecular complexity index is 1540. The van der Waals surface area contributed by atoms with Crippen LogP contribution in [0.15, 0.2) is 42.5 Å². The number of nitrogen functional groups attached to an aromatic ring is 1. The summed E-state index contributed by atoms with van der Waals surface area (Å²) in [7, 11) is 3.40. The zero-order chi connectivity index (χ0) is 27.0. The molecule has 0 aliphatic carbocycles. The number of hydrogen-bond donors (Lipinski definition) is 1. The maximum atomic E-state index is 10.1. The van der Waals surface area contributed by atoms with Gasteiger partial charge in [0.15, 0.2) is 0 Å². The lowest BCUT2D eigenvalue weighted by atomic mass is 10.1. The van der Waals surface area contributed by atoms with Crippen LogP contribution in [0.5, 0.6) is 11.5 Å². The van der Waals surface area contributed by atoms with Crippen LogP contribution in [0.3, 0.4) is 0 Å². The molecular weight excluding hydrogens is 478 g/mol. The highest BCUT2D eigenvalue weighted by Gasteiger charge is 2.27. The molecule has 2 aromatic carbocycles. The van der Waals surface area contributed by atoms with Crippen molar-refractivity contribution in [1.29, 1.82) is 5.26 Å². The molecule has 0 amide bonds. The summed E-state index contributed by atoms with van der Waals surface area (Å²) in [6.45, 7) is 8.15. The third-order valence-corrected chi connectivity index (χ3v) is 7.44. The molecule has 2 aromatic heterocycles. The first-order valence-electron chi connectivity index (χ1n) is 12.7. The van der Waals surface area contributed by atoms with Crippen LogP contribution in [-0.4, -0.2) is 43.0 Å². The highest BCUT2D eigenvalue weighted by molar-refractivity contribution is 5.94. The molecule has 0 saturated carbocycles. The van der Waals surface area contributed by atoms with Crippen molar-refractivity contribution in [3.63, 3.8) is 0 Å². The Hall–Kier alpha value is -4.22. The normalized spacial score (nSPS) is 15.2. The Morgan fingerprint density at radius 3 is 2.53 bits per heavy atom. The second-order valence-corrected chi connectivity index (χ2v) is 9.75. The molecule has 0 unspecified atom stereocenters. The second kappa shape index (κ2) is 10.3. The second-order valence-electron chi connectivity index (χ2n) is 9.75. The van der Waals surface area contributed by atoms with Gasteiger partial charge in [0.25, 0.3) is 0 Å². The Labute approximate surface area is 223 Å². The van der Waals surface area contributed by atoms with E-state index in [1.165, 1.54) is 0 Å². The molecule has 1 aliphatic heterocycles. The van der Waals surface area contributed by atoms with Crippen LogP contribution in [0.1, 0.15) is 34.4 Å². The van der Waals surface area contributed by atoms with Gasteiger partial charge in [-0.2, -0.15) is 5.26 Å². The van der Waals surface area contributed by atoms with E-state index in [0.717, 1.165) is 70.2 Å². The number of ether oxygens (including phenoxy) is 3. The van der Waals surface area contributed by atoms with Gasteiger partial charge < -0.3 is 24.8 Å². The molecule has 1 atom stereocenters. The molecule has 0 spiro atoms. The molecule has 196 valence electrons. The molecule has 5 rings (SSSR count). The van der Waals surface area contributed by atoms with Crippen molar-refractivity contribution in [1.82, 2.24) is 9.55 Å². The van der Waals surface area contributed by atoms with Gasteiger partial charge in [-0.05, 0) is 62.6 Å². The van der Waals surface area contributed by atoms with Crippen molar-refractivity contribution >= 4 is 22.5 Å². The van der Waals surface area contributed by atoms with E-state index in [0.29, 0.717) is 23.6 Å². The van der Waals surface area contributed by atoms with Crippen molar-refractivity contribution in [2.24, 2.45) is 0 Å². The summed E-state index contributed by atoms with van der Waals surface area (Å²) in [5.74, 6) is 1.93. The van der Waals surface area contributed by atoms with Crippen LogP contribution in [0, 0.1) is 32.1 Å². The summed E-state index contributed by atoms with van der Waals surface area (Å²) in [6.07, 6.45) is 1.16. The number of nitriles is 1. The van der Waals surface area contributed by atoms with Gasteiger partial charge in [-0.1, -0.05) is 18.2 Å². The molecule has 38 heavy (non-hydrogen) atoms. The zero-order valence-corrected chi connectivity index (χ0v) is 22.5. The number of hydrogen-bond acceptors (Lipinski definition) is 7. The fraction of sp³-hybridized carbons (Fsp3) is 0.333. The maximum Gasteiger partial charge on any atom is 0.147 e. The van der Waals surface area contributed by atoms with Crippen LogP contribution in [-0.2, 0) is 11.3 Å². The van der Waals surface area contributed by atoms with E-state index in [2.05, 4.69) is 17.0 Å². The van der Waals surface area contributed by atoms with Gasteiger partial charge in [0.2, 0.25) is 0 Å². The number of anilines is 2. The average Bonchev–Trinajstić information content (AvgIpc) is 3.50. The number of rotatable bonds is 7. The minimum absolute atomic E-state index is 0.196. The molecule has 0 bridgehead atoms. The van der Waals surface area contributed by atoms with Gasteiger partial charge in [-0.15, -0.1) is 0 Å². The minimum Gasteiger partial charge on any atom is -0.497 e. The molecule has 1 fully saturated rings. The van der Waals surface area contributed by atoms with Gasteiger partial charge in [0.05, 0.1) is 30.3 Å². The van der Waals surface area contributed by atoms with Crippen LogP contribution in [0.25, 0.3) is 16.7 Å². The van der Waals surface area contributed by atoms with E-state index in [-0.39, 0.29) is 6.10 Å².